The van der Waals surface area contributed by atoms with E-state index in [0.29, 0.717) is 6.61 Å². The largest absolute Gasteiger partial charge is 0.434 e. The van der Waals surface area contributed by atoms with Crippen LogP contribution in [0.15, 0.2) is 0 Å². The molecule has 1 N–H and O–H groups in total. The molecule has 18 heavy (non-hydrogen) atoms. The van der Waals surface area contributed by atoms with Crippen molar-refractivity contribution in [3.05, 3.63) is 0 Å². The zero-order valence-corrected chi connectivity index (χ0v) is 13.2. The number of aliphatic hydroxyl groups excluding tert-OH is 1. The van der Waals surface area contributed by atoms with Crippen molar-refractivity contribution in [1.82, 2.24) is 0 Å². The fourth-order valence-corrected chi connectivity index (χ4v) is 1.52. The van der Waals surface area contributed by atoms with E-state index in [2.05, 4.69) is 6.92 Å². The van der Waals surface area contributed by atoms with Crippen molar-refractivity contribution >= 4 is 5.97 Å². The molecule has 0 saturated heterocycles. The first-order valence-corrected chi connectivity index (χ1v) is 6.66. The molecule has 0 radical (unpaired) electrons. The predicted octanol–water partition coefficient (Wildman–Crippen LogP) is 2.63. The van der Waals surface area contributed by atoms with Crippen LogP contribution < -0.4 is 0 Å². The second kappa shape index (κ2) is 15.2. The molecule has 0 aliphatic heterocycles. The van der Waals surface area contributed by atoms with Crippen LogP contribution in [0.5, 0.6) is 0 Å². The number of aliphatic hydroxyl groups is 1. The van der Waals surface area contributed by atoms with Crippen LogP contribution in [0.2, 0.25) is 0 Å². The Kier molecular flexibility index (Phi) is 17.2. The Labute approximate surface area is 125 Å². The van der Waals surface area contributed by atoms with Crippen LogP contribution in [-0.2, 0) is 36.0 Å². The molecule has 0 aliphatic carbocycles. The summed E-state index contributed by atoms with van der Waals surface area (Å²) < 4.78 is 10.4. The van der Waals surface area contributed by atoms with Crippen molar-refractivity contribution in [2.24, 2.45) is 0 Å². The van der Waals surface area contributed by atoms with Gasteiger partial charge < -0.3 is 14.6 Å². The van der Waals surface area contributed by atoms with Crippen molar-refractivity contribution in [1.29, 1.82) is 0 Å². The quantitative estimate of drug-likeness (QED) is 0.275. The van der Waals surface area contributed by atoms with Gasteiger partial charge in [0.2, 0.25) is 6.29 Å². The number of hydrogen-bond acceptors (Lipinski definition) is 4. The second-order valence-electron chi connectivity index (χ2n) is 4.15. The van der Waals surface area contributed by atoms with E-state index in [1.54, 1.807) is 0 Å². The van der Waals surface area contributed by atoms with Crippen LogP contribution in [0.3, 0.4) is 0 Å². The van der Waals surface area contributed by atoms with Gasteiger partial charge in [0.1, 0.15) is 6.61 Å². The van der Waals surface area contributed by atoms with Gasteiger partial charge in [-0.15, -0.1) is 0 Å². The molecule has 0 fully saturated rings. The summed E-state index contributed by atoms with van der Waals surface area (Å²) in [4.78, 5) is 11.0. The average Bonchev–Trinajstić information content (AvgIpc) is 2.35. The summed E-state index contributed by atoms with van der Waals surface area (Å²) >= 11 is 0. The van der Waals surface area contributed by atoms with Crippen molar-refractivity contribution in [2.75, 3.05) is 13.2 Å². The Morgan fingerprint density at radius 1 is 1.11 bits per heavy atom. The van der Waals surface area contributed by atoms with E-state index < -0.39 is 18.9 Å². The fourth-order valence-electron chi connectivity index (χ4n) is 1.52. The molecule has 0 saturated carbocycles. The minimum absolute atomic E-state index is 0. The molecule has 0 aromatic rings. The van der Waals surface area contributed by atoms with Crippen LogP contribution in [-0.4, -0.2) is 30.6 Å². The minimum Gasteiger partial charge on any atom is -0.434 e. The first-order chi connectivity index (χ1) is 8.24. The molecular weight excluding hydrogens is 268 g/mol. The number of rotatable bonds is 11. The van der Waals surface area contributed by atoms with Gasteiger partial charge in [-0.25, -0.2) is 4.79 Å². The Balaban J connectivity index is 0. The van der Waals surface area contributed by atoms with Crippen molar-refractivity contribution in [3.8, 4) is 0 Å². The first-order valence-electron chi connectivity index (χ1n) is 6.66. The molecule has 0 aromatic carbocycles. The smallest absolute Gasteiger partial charge is 0.334 e. The molecule has 0 spiro atoms. The zero-order chi connectivity index (χ0) is 12.9. The van der Waals surface area contributed by atoms with Crippen LogP contribution in [0.4, 0.5) is 0 Å². The normalized spacial score (nSPS) is 11.7. The summed E-state index contributed by atoms with van der Waals surface area (Å²) in [5.74, 6) is -0.611. The van der Waals surface area contributed by atoms with E-state index in [1.807, 2.05) is 6.92 Å². The number of ether oxygens (including phenoxy) is 2. The molecule has 5 heteroatoms. The molecule has 0 bridgehead atoms. The Hall–Kier alpha value is 0.104. The molecule has 0 amide bonds. The molecule has 1 unspecified atom stereocenters. The Bertz CT molecular complexity index is 188. The van der Waals surface area contributed by atoms with E-state index in [1.165, 1.54) is 19.3 Å². The SMILES string of the molecule is CCCCCCCC(OCCC)OC(=O)CO.[Ti]. The van der Waals surface area contributed by atoms with Gasteiger partial charge in [-0.05, 0) is 12.8 Å². The maximum Gasteiger partial charge on any atom is 0.334 e. The Morgan fingerprint density at radius 2 is 1.78 bits per heavy atom. The summed E-state index contributed by atoms with van der Waals surface area (Å²) in [5.41, 5.74) is 0. The van der Waals surface area contributed by atoms with Gasteiger partial charge in [-0.2, -0.15) is 0 Å². The third-order valence-electron chi connectivity index (χ3n) is 2.44. The molecule has 0 rings (SSSR count). The van der Waals surface area contributed by atoms with Gasteiger partial charge in [0.25, 0.3) is 0 Å². The molecule has 0 aromatic heterocycles. The zero-order valence-electron chi connectivity index (χ0n) is 11.6. The number of carbonyl (C=O) groups is 1. The average molecular weight is 294 g/mol. The number of hydrogen-bond donors (Lipinski definition) is 1. The van der Waals surface area contributed by atoms with Gasteiger partial charge in [-0.3, -0.25) is 0 Å². The summed E-state index contributed by atoms with van der Waals surface area (Å²) in [6.45, 7) is 4.18. The summed E-state index contributed by atoms with van der Waals surface area (Å²) in [7, 11) is 0. The van der Waals surface area contributed by atoms with Crippen LogP contribution in [0.1, 0.15) is 58.8 Å². The first kappa shape index (κ1) is 20.4. The van der Waals surface area contributed by atoms with Gasteiger partial charge >= 0.3 is 5.97 Å². The molecule has 1 atom stereocenters. The van der Waals surface area contributed by atoms with E-state index in [0.717, 1.165) is 25.7 Å². The van der Waals surface area contributed by atoms with Crippen molar-refractivity contribution in [2.45, 2.75) is 65.1 Å². The Morgan fingerprint density at radius 3 is 2.33 bits per heavy atom. The molecule has 0 aliphatic rings. The number of unbranched alkanes of at least 4 members (excludes halogenated alkanes) is 4. The van der Waals surface area contributed by atoms with E-state index in [4.69, 9.17) is 14.6 Å². The van der Waals surface area contributed by atoms with Gasteiger partial charge in [0.05, 0.1) is 6.61 Å². The molecular formula is C13H26O4Ti. The van der Waals surface area contributed by atoms with Crippen LogP contribution in [0.25, 0.3) is 0 Å². The maximum atomic E-state index is 11.0. The van der Waals surface area contributed by atoms with Gasteiger partial charge in [0, 0.05) is 28.1 Å². The number of esters is 1. The summed E-state index contributed by atoms with van der Waals surface area (Å²) in [5, 5.41) is 8.62. The van der Waals surface area contributed by atoms with E-state index in [-0.39, 0.29) is 21.7 Å². The summed E-state index contributed by atoms with van der Waals surface area (Å²) in [6, 6.07) is 0. The van der Waals surface area contributed by atoms with Crippen molar-refractivity contribution < 1.29 is 41.1 Å². The maximum absolute atomic E-state index is 11.0. The van der Waals surface area contributed by atoms with Crippen molar-refractivity contribution in [3.63, 3.8) is 0 Å². The number of carbonyl (C=O) groups excluding carboxylic acids is 1. The van der Waals surface area contributed by atoms with E-state index >= 15 is 0 Å². The van der Waals surface area contributed by atoms with Gasteiger partial charge in [-0.1, -0.05) is 39.5 Å². The van der Waals surface area contributed by atoms with Gasteiger partial charge in [0.15, 0.2) is 0 Å². The molecule has 0 heterocycles. The second-order valence-corrected chi connectivity index (χ2v) is 4.15. The third kappa shape index (κ3) is 12.6. The summed E-state index contributed by atoms with van der Waals surface area (Å²) in [6.07, 6.45) is 6.93. The van der Waals surface area contributed by atoms with Crippen LogP contribution in [0, 0.1) is 0 Å². The van der Waals surface area contributed by atoms with Crippen LogP contribution >= 0.6 is 0 Å². The predicted molar refractivity (Wildman–Crippen MR) is 66.6 cm³/mol. The monoisotopic (exact) mass is 294 g/mol. The molecule has 4 nitrogen and oxygen atoms in total. The fraction of sp³-hybridized carbons (Fsp3) is 0.923. The topological polar surface area (TPSA) is 55.8 Å². The van der Waals surface area contributed by atoms with E-state index in [9.17, 15) is 4.79 Å². The minimum atomic E-state index is -0.611. The standard InChI is InChI=1S/C13H26O4.Ti/c1-3-5-6-7-8-9-13(16-10-4-2)17-12(15)11-14;/h13-14H,3-11H2,1-2H3;. The third-order valence-corrected chi connectivity index (χ3v) is 2.44. The molecule has 106 valence electrons.